The summed E-state index contributed by atoms with van der Waals surface area (Å²) in [5, 5.41) is 4.01. The van der Waals surface area contributed by atoms with Gasteiger partial charge in [-0.1, -0.05) is 30.3 Å². The molecule has 0 atom stereocenters. The first kappa shape index (κ1) is 16.8. The van der Waals surface area contributed by atoms with Crippen molar-refractivity contribution in [3.05, 3.63) is 88.8 Å². The summed E-state index contributed by atoms with van der Waals surface area (Å²) in [4.78, 5) is 21.4. The molecule has 0 bridgehead atoms. The molecule has 2 aromatic carbocycles. The van der Waals surface area contributed by atoms with Gasteiger partial charge in [0.25, 0.3) is 5.56 Å². The average Bonchev–Trinajstić information content (AvgIpc) is 2.73. The number of rotatable bonds is 5. The van der Waals surface area contributed by atoms with Crippen molar-refractivity contribution in [1.29, 1.82) is 0 Å². The van der Waals surface area contributed by atoms with Gasteiger partial charge in [0.1, 0.15) is 5.75 Å². The Bertz CT molecular complexity index is 1120. The van der Waals surface area contributed by atoms with Crippen LogP contribution in [0, 0.1) is 0 Å². The Morgan fingerprint density at radius 3 is 2.52 bits per heavy atom. The third-order valence-electron chi connectivity index (χ3n) is 4.26. The Kier molecular flexibility index (Phi) is 4.53. The van der Waals surface area contributed by atoms with E-state index in [1.807, 2.05) is 54.6 Å². The van der Waals surface area contributed by atoms with Crippen LogP contribution in [0.1, 0.15) is 5.56 Å². The lowest BCUT2D eigenvalue weighted by molar-refractivity contribution is 0.414. The van der Waals surface area contributed by atoms with E-state index < -0.39 is 0 Å². The van der Waals surface area contributed by atoms with Crippen LogP contribution in [0.4, 0.5) is 5.95 Å². The van der Waals surface area contributed by atoms with Crippen LogP contribution in [0.5, 0.6) is 5.75 Å². The summed E-state index contributed by atoms with van der Waals surface area (Å²) in [6.45, 7) is 0.567. The minimum Gasteiger partial charge on any atom is -0.497 e. The smallest absolute Gasteiger partial charge is 0.256 e. The Morgan fingerprint density at radius 1 is 1.00 bits per heavy atom. The van der Waals surface area contributed by atoms with Crippen molar-refractivity contribution < 1.29 is 4.74 Å². The fraction of sp³-hybridized carbons (Fsp3) is 0.0952. The van der Waals surface area contributed by atoms with E-state index in [4.69, 9.17) is 4.74 Å². The van der Waals surface area contributed by atoms with Crippen LogP contribution in [-0.2, 0) is 6.54 Å². The van der Waals surface area contributed by atoms with Crippen LogP contribution >= 0.6 is 0 Å². The molecule has 0 amide bonds. The summed E-state index contributed by atoms with van der Waals surface area (Å²) in [5.74, 6) is 1.28. The van der Waals surface area contributed by atoms with Crippen LogP contribution in [-0.4, -0.2) is 21.6 Å². The summed E-state index contributed by atoms with van der Waals surface area (Å²) in [7, 11) is 1.64. The van der Waals surface area contributed by atoms with Crippen molar-refractivity contribution in [3.63, 3.8) is 0 Å². The number of fused-ring (bicyclic) bond motifs is 1. The molecule has 2 heterocycles. The Labute approximate surface area is 156 Å². The number of nitrogens with zero attached hydrogens (tertiary/aromatic N) is 3. The Balaban J connectivity index is 1.67. The van der Waals surface area contributed by atoms with Crippen LogP contribution in [0.2, 0.25) is 0 Å². The van der Waals surface area contributed by atoms with Gasteiger partial charge in [-0.3, -0.25) is 9.36 Å². The molecular weight excluding hydrogens is 340 g/mol. The van der Waals surface area contributed by atoms with Crippen LogP contribution < -0.4 is 15.6 Å². The summed E-state index contributed by atoms with van der Waals surface area (Å²) in [6.07, 6.45) is 1.72. The molecule has 4 aromatic rings. The van der Waals surface area contributed by atoms with Gasteiger partial charge in [0.05, 0.1) is 12.8 Å². The van der Waals surface area contributed by atoms with Gasteiger partial charge in [-0.05, 0) is 35.9 Å². The number of benzene rings is 2. The lowest BCUT2D eigenvalue weighted by Gasteiger charge is -2.11. The van der Waals surface area contributed by atoms with Crippen molar-refractivity contribution in [2.24, 2.45) is 0 Å². The minimum absolute atomic E-state index is 0.131. The van der Waals surface area contributed by atoms with Crippen LogP contribution in [0.15, 0.2) is 77.7 Å². The van der Waals surface area contributed by atoms with Gasteiger partial charge in [-0.15, -0.1) is 0 Å². The molecule has 0 aliphatic rings. The van der Waals surface area contributed by atoms with Gasteiger partial charge in [0.2, 0.25) is 5.95 Å². The highest BCUT2D eigenvalue weighted by Crippen LogP contribution is 2.16. The zero-order valence-corrected chi connectivity index (χ0v) is 14.8. The molecule has 0 radical (unpaired) electrons. The third kappa shape index (κ3) is 3.50. The van der Waals surface area contributed by atoms with E-state index in [-0.39, 0.29) is 5.56 Å². The molecule has 0 aliphatic carbocycles. The number of hydrogen-bond donors (Lipinski definition) is 1. The molecule has 6 heteroatoms. The van der Waals surface area contributed by atoms with Gasteiger partial charge in [0, 0.05) is 24.2 Å². The number of aromatic nitrogens is 3. The monoisotopic (exact) mass is 358 g/mol. The van der Waals surface area contributed by atoms with Gasteiger partial charge in [-0.2, -0.15) is 4.98 Å². The number of nitrogens with one attached hydrogen (secondary N) is 1. The molecule has 0 saturated heterocycles. The normalized spacial score (nSPS) is 10.7. The van der Waals surface area contributed by atoms with Gasteiger partial charge >= 0.3 is 0 Å². The quantitative estimate of drug-likeness (QED) is 0.592. The van der Waals surface area contributed by atoms with E-state index in [9.17, 15) is 4.79 Å². The van der Waals surface area contributed by atoms with E-state index in [1.54, 1.807) is 23.9 Å². The second-order valence-corrected chi connectivity index (χ2v) is 6.02. The number of ether oxygens (including phenoxy) is 1. The number of methoxy groups -OCH3 is 1. The molecule has 0 unspecified atom stereocenters. The SMILES string of the molecule is COc1ccc(CNc2ncc3ccc(=O)n(-c4ccccc4)c3n2)cc1. The predicted octanol–water partition coefficient (Wildman–Crippen LogP) is 3.40. The van der Waals surface area contributed by atoms with Crippen molar-refractivity contribution in [3.8, 4) is 11.4 Å². The lowest BCUT2D eigenvalue weighted by atomic mass is 10.2. The number of pyridine rings is 1. The van der Waals surface area contributed by atoms with Gasteiger partial charge in [-0.25, -0.2) is 4.98 Å². The lowest BCUT2D eigenvalue weighted by Crippen LogP contribution is -2.18. The molecule has 2 aromatic heterocycles. The topological polar surface area (TPSA) is 69.0 Å². The maximum absolute atomic E-state index is 12.5. The predicted molar refractivity (Wildman–Crippen MR) is 105 cm³/mol. The summed E-state index contributed by atoms with van der Waals surface area (Å²) in [6, 6.07) is 20.5. The van der Waals surface area contributed by atoms with Gasteiger partial charge < -0.3 is 10.1 Å². The maximum Gasteiger partial charge on any atom is 0.256 e. The number of anilines is 1. The van der Waals surface area contributed by atoms with E-state index in [1.165, 1.54) is 6.07 Å². The van der Waals surface area contributed by atoms with E-state index >= 15 is 0 Å². The zero-order chi connectivity index (χ0) is 18.6. The molecule has 6 nitrogen and oxygen atoms in total. The molecule has 134 valence electrons. The zero-order valence-electron chi connectivity index (χ0n) is 14.8. The largest absolute Gasteiger partial charge is 0.497 e. The van der Waals surface area contributed by atoms with Crippen molar-refractivity contribution in [2.45, 2.75) is 6.54 Å². The van der Waals surface area contributed by atoms with Crippen LogP contribution in [0.25, 0.3) is 16.7 Å². The second kappa shape index (κ2) is 7.29. The molecular formula is C21H18N4O2. The van der Waals surface area contributed by atoms with E-state index in [2.05, 4.69) is 15.3 Å². The second-order valence-electron chi connectivity index (χ2n) is 6.02. The molecule has 0 aliphatic heterocycles. The summed E-state index contributed by atoms with van der Waals surface area (Å²) >= 11 is 0. The molecule has 0 fully saturated rings. The maximum atomic E-state index is 12.5. The molecule has 0 saturated carbocycles. The highest BCUT2D eigenvalue weighted by Gasteiger charge is 2.08. The first-order valence-corrected chi connectivity index (χ1v) is 8.55. The van der Waals surface area contributed by atoms with Gasteiger partial charge in [0.15, 0.2) is 5.65 Å². The first-order chi connectivity index (χ1) is 13.2. The fourth-order valence-corrected chi connectivity index (χ4v) is 2.86. The molecule has 27 heavy (non-hydrogen) atoms. The first-order valence-electron chi connectivity index (χ1n) is 8.55. The Morgan fingerprint density at radius 2 is 1.78 bits per heavy atom. The third-order valence-corrected chi connectivity index (χ3v) is 4.26. The van der Waals surface area contributed by atoms with Crippen LogP contribution in [0.3, 0.4) is 0 Å². The summed E-state index contributed by atoms with van der Waals surface area (Å²) < 4.78 is 6.76. The highest BCUT2D eigenvalue weighted by molar-refractivity contribution is 5.76. The van der Waals surface area contributed by atoms with E-state index in [0.717, 1.165) is 22.4 Å². The standard InChI is InChI=1S/C21H18N4O2/c1-27-18-10-7-15(8-11-18)13-22-21-23-14-16-9-12-19(26)25(20(16)24-21)17-5-3-2-4-6-17/h2-12,14H,13H2,1H3,(H,22,23,24). The average molecular weight is 358 g/mol. The van der Waals surface area contributed by atoms with Crippen molar-refractivity contribution in [2.75, 3.05) is 12.4 Å². The summed E-state index contributed by atoms with van der Waals surface area (Å²) in [5.41, 5.74) is 2.29. The molecule has 1 N–H and O–H groups in total. The van der Waals surface area contributed by atoms with Crippen molar-refractivity contribution in [1.82, 2.24) is 14.5 Å². The highest BCUT2D eigenvalue weighted by atomic mass is 16.5. The fourth-order valence-electron chi connectivity index (χ4n) is 2.86. The number of hydrogen-bond acceptors (Lipinski definition) is 5. The molecule has 0 spiro atoms. The van der Waals surface area contributed by atoms with E-state index in [0.29, 0.717) is 18.1 Å². The number of para-hydroxylation sites is 1. The minimum atomic E-state index is -0.131. The molecule has 4 rings (SSSR count). The Hall–Kier alpha value is -3.67. The van der Waals surface area contributed by atoms with Crippen molar-refractivity contribution >= 4 is 17.0 Å².